The van der Waals surface area contributed by atoms with E-state index in [1.165, 1.54) is 6.20 Å². The zero-order valence-electron chi connectivity index (χ0n) is 10.5. The van der Waals surface area contributed by atoms with Crippen LogP contribution >= 0.6 is 11.6 Å². The Morgan fingerprint density at radius 1 is 1.61 bits per heavy atom. The van der Waals surface area contributed by atoms with Gasteiger partial charge in [-0.05, 0) is 18.1 Å². The van der Waals surface area contributed by atoms with Crippen LogP contribution in [0.3, 0.4) is 0 Å². The molecule has 0 aliphatic carbocycles. The lowest BCUT2D eigenvalue weighted by molar-refractivity contribution is 0.115. The highest BCUT2D eigenvalue weighted by Gasteiger charge is 2.13. The topological polar surface area (TPSA) is 74.2 Å². The van der Waals surface area contributed by atoms with Gasteiger partial charge < -0.3 is 15.7 Å². The molecule has 0 aromatic carbocycles. The number of hydrogen-bond acceptors (Lipinski definition) is 3. The van der Waals surface area contributed by atoms with Gasteiger partial charge in [0.25, 0.3) is 0 Å². The number of pyridine rings is 1. The maximum atomic E-state index is 11.6. The SMILES string of the molecule is CCC(C)C(O)CNC(=O)Nc1cccnc1Cl. The van der Waals surface area contributed by atoms with Gasteiger partial charge in [0.05, 0.1) is 11.8 Å². The molecular formula is C12H18ClN3O2. The van der Waals surface area contributed by atoms with E-state index in [1.807, 2.05) is 13.8 Å². The first-order chi connectivity index (χ1) is 8.54. The van der Waals surface area contributed by atoms with Crippen LogP contribution in [0.4, 0.5) is 10.5 Å². The van der Waals surface area contributed by atoms with Gasteiger partial charge in [0.15, 0.2) is 5.15 Å². The fraction of sp³-hybridized carbons (Fsp3) is 0.500. The number of aliphatic hydroxyl groups excluding tert-OH is 1. The number of carbonyl (C=O) groups excluding carboxylic acids is 1. The minimum Gasteiger partial charge on any atom is -0.391 e. The lowest BCUT2D eigenvalue weighted by Crippen LogP contribution is -2.37. The Kier molecular flexibility index (Phi) is 5.88. The first kappa shape index (κ1) is 14.7. The third-order valence-corrected chi connectivity index (χ3v) is 3.08. The third-order valence-electron chi connectivity index (χ3n) is 2.78. The Bertz CT molecular complexity index is 401. The molecule has 5 nitrogen and oxygen atoms in total. The molecular weight excluding hydrogens is 254 g/mol. The van der Waals surface area contributed by atoms with Crippen molar-refractivity contribution in [2.45, 2.75) is 26.4 Å². The predicted octanol–water partition coefficient (Wildman–Crippen LogP) is 2.26. The molecule has 0 saturated carbocycles. The highest BCUT2D eigenvalue weighted by molar-refractivity contribution is 6.32. The van der Waals surface area contributed by atoms with Crippen LogP contribution in [0, 0.1) is 5.92 Å². The number of aromatic nitrogens is 1. The number of hydrogen-bond donors (Lipinski definition) is 3. The molecule has 0 spiro atoms. The first-order valence-corrected chi connectivity index (χ1v) is 6.25. The van der Waals surface area contributed by atoms with E-state index in [9.17, 15) is 9.90 Å². The lowest BCUT2D eigenvalue weighted by atomic mass is 10.0. The quantitative estimate of drug-likeness (QED) is 0.719. The van der Waals surface area contributed by atoms with Crippen LogP contribution in [-0.4, -0.2) is 28.8 Å². The molecule has 6 heteroatoms. The summed E-state index contributed by atoms with van der Waals surface area (Å²) in [5, 5.41) is 15.1. The summed E-state index contributed by atoms with van der Waals surface area (Å²) in [7, 11) is 0. The molecule has 0 aliphatic heterocycles. The van der Waals surface area contributed by atoms with E-state index < -0.39 is 12.1 Å². The van der Waals surface area contributed by atoms with Gasteiger partial charge >= 0.3 is 6.03 Å². The zero-order chi connectivity index (χ0) is 13.5. The number of urea groups is 1. The molecule has 2 amide bonds. The Labute approximate surface area is 112 Å². The molecule has 1 aromatic heterocycles. The maximum Gasteiger partial charge on any atom is 0.319 e. The number of rotatable bonds is 5. The van der Waals surface area contributed by atoms with Gasteiger partial charge in [-0.1, -0.05) is 31.9 Å². The normalized spacial score (nSPS) is 13.8. The van der Waals surface area contributed by atoms with Crippen molar-refractivity contribution in [3.8, 4) is 0 Å². The molecule has 1 heterocycles. The van der Waals surface area contributed by atoms with Gasteiger partial charge in [0.1, 0.15) is 0 Å². The standard InChI is InChI=1S/C12H18ClN3O2/c1-3-8(2)10(17)7-15-12(18)16-9-5-4-6-14-11(9)13/h4-6,8,10,17H,3,7H2,1-2H3,(H2,15,16,18). The number of nitrogens with one attached hydrogen (secondary N) is 2. The van der Waals surface area contributed by atoms with Gasteiger partial charge in [-0.25, -0.2) is 9.78 Å². The van der Waals surface area contributed by atoms with Crippen LogP contribution in [-0.2, 0) is 0 Å². The summed E-state index contributed by atoms with van der Waals surface area (Å²) >= 11 is 5.80. The van der Waals surface area contributed by atoms with Gasteiger partial charge in [0, 0.05) is 12.7 Å². The average molecular weight is 272 g/mol. The summed E-state index contributed by atoms with van der Waals surface area (Å²) in [4.78, 5) is 15.4. The van der Waals surface area contributed by atoms with E-state index in [0.717, 1.165) is 6.42 Å². The van der Waals surface area contributed by atoms with Crippen LogP contribution in [0.25, 0.3) is 0 Å². The summed E-state index contributed by atoms with van der Waals surface area (Å²) in [6.07, 6.45) is 1.85. The van der Waals surface area contributed by atoms with Crippen molar-refractivity contribution in [3.63, 3.8) is 0 Å². The molecule has 1 aromatic rings. The number of amides is 2. The van der Waals surface area contributed by atoms with Crippen molar-refractivity contribution in [1.82, 2.24) is 10.3 Å². The Hall–Kier alpha value is -1.33. The summed E-state index contributed by atoms with van der Waals surface area (Å²) in [6.45, 7) is 4.13. The fourth-order valence-corrected chi connectivity index (χ4v) is 1.48. The van der Waals surface area contributed by atoms with Gasteiger partial charge in [-0.2, -0.15) is 0 Å². The van der Waals surface area contributed by atoms with E-state index in [1.54, 1.807) is 12.1 Å². The molecule has 18 heavy (non-hydrogen) atoms. The van der Waals surface area contributed by atoms with Crippen LogP contribution < -0.4 is 10.6 Å². The smallest absolute Gasteiger partial charge is 0.319 e. The lowest BCUT2D eigenvalue weighted by Gasteiger charge is -2.17. The number of carbonyl (C=O) groups is 1. The number of anilines is 1. The minimum atomic E-state index is -0.551. The summed E-state index contributed by atoms with van der Waals surface area (Å²) in [5.74, 6) is 0.146. The van der Waals surface area contributed by atoms with E-state index in [0.29, 0.717) is 5.69 Å². The molecule has 1 rings (SSSR count). The van der Waals surface area contributed by atoms with Gasteiger partial charge in [0.2, 0.25) is 0 Å². The molecule has 3 N–H and O–H groups in total. The fourth-order valence-electron chi connectivity index (χ4n) is 1.32. The van der Waals surface area contributed by atoms with Crippen LogP contribution in [0.15, 0.2) is 18.3 Å². The number of nitrogens with zero attached hydrogens (tertiary/aromatic N) is 1. The molecule has 0 aliphatic rings. The van der Waals surface area contributed by atoms with Gasteiger partial charge in [-0.15, -0.1) is 0 Å². The Balaban J connectivity index is 2.41. The largest absolute Gasteiger partial charge is 0.391 e. The second-order valence-electron chi connectivity index (χ2n) is 4.13. The molecule has 0 bridgehead atoms. The molecule has 100 valence electrons. The molecule has 0 saturated heterocycles. The van der Waals surface area contributed by atoms with Crippen molar-refractivity contribution in [1.29, 1.82) is 0 Å². The third kappa shape index (κ3) is 4.50. The van der Waals surface area contributed by atoms with Crippen LogP contribution in [0.2, 0.25) is 5.15 Å². The number of halogens is 1. The van der Waals surface area contributed by atoms with Gasteiger partial charge in [-0.3, -0.25) is 0 Å². The van der Waals surface area contributed by atoms with Crippen molar-refractivity contribution in [2.75, 3.05) is 11.9 Å². The minimum absolute atomic E-state index is 0.146. The van der Waals surface area contributed by atoms with E-state index in [4.69, 9.17) is 11.6 Å². The van der Waals surface area contributed by atoms with Crippen molar-refractivity contribution in [3.05, 3.63) is 23.5 Å². The highest BCUT2D eigenvalue weighted by Crippen LogP contribution is 2.16. The van der Waals surface area contributed by atoms with Crippen LogP contribution in [0.1, 0.15) is 20.3 Å². The van der Waals surface area contributed by atoms with Crippen LogP contribution in [0.5, 0.6) is 0 Å². The van der Waals surface area contributed by atoms with E-state index in [2.05, 4.69) is 15.6 Å². The second-order valence-corrected chi connectivity index (χ2v) is 4.49. The molecule has 0 radical (unpaired) electrons. The average Bonchev–Trinajstić information content (AvgIpc) is 2.37. The monoisotopic (exact) mass is 271 g/mol. The summed E-state index contributed by atoms with van der Waals surface area (Å²) in [5.41, 5.74) is 0.440. The first-order valence-electron chi connectivity index (χ1n) is 5.88. The summed E-state index contributed by atoms with van der Waals surface area (Å²) in [6, 6.07) is 2.92. The second kappa shape index (κ2) is 7.18. The Morgan fingerprint density at radius 2 is 2.33 bits per heavy atom. The van der Waals surface area contributed by atoms with E-state index >= 15 is 0 Å². The van der Waals surface area contributed by atoms with Crippen molar-refractivity contribution >= 4 is 23.3 Å². The molecule has 0 fully saturated rings. The van der Waals surface area contributed by atoms with E-state index in [-0.39, 0.29) is 17.6 Å². The maximum absolute atomic E-state index is 11.6. The molecule has 2 unspecified atom stereocenters. The predicted molar refractivity (Wildman–Crippen MR) is 71.7 cm³/mol. The highest BCUT2D eigenvalue weighted by atomic mass is 35.5. The Morgan fingerprint density at radius 3 is 2.94 bits per heavy atom. The summed E-state index contributed by atoms with van der Waals surface area (Å²) < 4.78 is 0. The zero-order valence-corrected chi connectivity index (χ0v) is 11.2. The number of aliphatic hydroxyl groups is 1. The van der Waals surface area contributed by atoms with Crippen molar-refractivity contribution < 1.29 is 9.90 Å². The molecule has 2 atom stereocenters. The van der Waals surface area contributed by atoms with Crippen molar-refractivity contribution in [2.24, 2.45) is 5.92 Å².